The van der Waals surface area contributed by atoms with Gasteiger partial charge in [0, 0.05) is 10.4 Å². The summed E-state index contributed by atoms with van der Waals surface area (Å²) in [5, 5.41) is 9.75. The van der Waals surface area contributed by atoms with Crippen LogP contribution in [0.1, 0.15) is 4.88 Å². The molecule has 4 nitrogen and oxygen atoms in total. The maximum absolute atomic E-state index is 11.1. The number of benzene rings is 1. The van der Waals surface area contributed by atoms with Crippen molar-refractivity contribution in [2.24, 2.45) is 0 Å². The monoisotopic (exact) mass is 363 g/mol. The van der Waals surface area contributed by atoms with Crippen LogP contribution in [0.2, 0.25) is 0 Å². The summed E-state index contributed by atoms with van der Waals surface area (Å²) in [6, 6.07) is 13.2. The molecular weight excluding hydrogens is 354 g/mol. The number of rotatable bonds is 4. The standard InChI is InChI=1S/C15H10BrNO3S/c16-12-7-6-10(20-12)15-17-14(9-4-2-1-3-5-9)11(21-15)8-13(18)19/h1-7H,8H2,(H,18,19). The van der Waals surface area contributed by atoms with Crippen molar-refractivity contribution in [1.29, 1.82) is 0 Å². The van der Waals surface area contributed by atoms with Crippen molar-refractivity contribution in [3.8, 4) is 22.0 Å². The summed E-state index contributed by atoms with van der Waals surface area (Å²) in [5.41, 5.74) is 1.60. The van der Waals surface area contributed by atoms with Crippen molar-refractivity contribution in [2.75, 3.05) is 0 Å². The molecule has 2 heterocycles. The second-order valence-corrected chi connectivity index (χ2v) is 6.20. The molecule has 0 aliphatic rings. The Morgan fingerprint density at radius 2 is 2.00 bits per heavy atom. The number of aromatic nitrogens is 1. The van der Waals surface area contributed by atoms with E-state index in [1.165, 1.54) is 11.3 Å². The number of aliphatic carboxylic acids is 1. The molecule has 0 bridgehead atoms. The van der Waals surface area contributed by atoms with Gasteiger partial charge in [-0.2, -0.15) is 0 Å². The molecule has 21 heavy (non-hydrogen) atoms. The van der Waals surface area contributed by atoms with Crippen molar-refractivity contribution in [3.63, 3.8) is 0 Å². The van der Waals surface area contributed by atoms with E-state index in [1.807, 2.05) is 36.4 Å². The van der Waals surface area contributed by atoms with E-state index in [4.69, 9.17) is 9.52 Å². The molecule has 106 valence electrons. The molecule has 0 atom stereocenters. The maximum atomic E-state index is 11.1. The predicted molar refractivity (Wildman–Crippen MR) is 84.3 cm³/mol. The molecule has 0 radical (unpaired) electrons. The van der Waals surface area contributed by atoms with Crippen molar-refractivity contribution in [2.45, 2.75) is 6.42 Å². The van der Waals surface area contributed by atoms with Crippen LogP contribution in [0, 0.1) is 0 Å². The van der Waals surface area contributed by atoms with Gasteiger partial charge >= 0.3 is 5.97 Å². The van der Waals surface area contributed by atoms with Crippen LogP contribution < -0.4 is 0 Å². The highest BCUT2D eigenvalue weighted by Gasteiger charge is 2.18. The maximum Gasteiger partial charge on any atom is 0.308 e. The number of thiazole rings is 1. The van der Waals surface area contributed by atoms with Crippen LogP contribution >= 0.6 is 27.3 Å². The van der Waals surface area contributed by atoms with Crippen LogP contribution in [0.3, 0.4) is 0 Å². The summed E-state index contributed by atoms with van der Waals surface area (Å²) >= 11 is 4.60. The average Bonchev–Trinajstić information content (AvgIpc) is 3.06. The Morgan fingerprint density at radius 1 is 1.24 bits per heavy atom. The number of hydrogen-bond donors (Lipinski definition) is 1. The quantitative estimate of drug-likeness (QED) is 0.743. The third kappa shape index (κ3) is 3.06. The first-order valence-electron chi connectivity index (χ1n) is 6.16. The number of halogens is 1. The van der Waals surface area contributed by atoms with Crippen molar-refractivity contribution < 1.29 is 14.3 Å². The third-order valence-electron chi connectivity index (χ3n) is 2.84. The summed E-state index contributed by atoms with van der Waals surface area (Å²) in [5.74, 6) is -0.247. The largest absolute Gasteiger partial charge is 0.481 e. The lowest BCUT2D eigenvalue weighted by molar-refractivity contribution is -0.136. The van der Waals surface area contributed by atoms with Gasteiger partial charge in [-0.3, -0.25) is 4.79 Å². The van der Waals surface area contributed by atoms with Crippen molar-refractivity contribution >= 4 is 33.2 Å². The van der Waals surface area contributed by atoms with Crippen LogP contribution in [0.25, 0.3) is 22.0 Å². The minimum atomic E-state index is -0.872. The first-order chi connectivity index (χ1) is 10.1. The van der Waals surface area contributed by atoms with Crippen LogP contribution in [-0.2, 0) is 11.2 Å². The van der Waals surface area contributed by atoms with E-state index in [2.05, 4.69) is 20.9 Å². The molecule has 0 saturated heterocycles. The van der Waals surface area contributed by atoms with Gasteiger partial charge in [0.2, 0.25) is 0 Å². The summed E-state index contributed by atoms with van der Waals surface area (Å²) < 4.78 is 6.12. The molecule has 0 amide bonds. The normalized spacial score (nSPS) is 10.7. The molecule has 6 heteroatoms. The Kier molecular flexibility index (Phi) is 3.90. The van der Waals surface area contributed by atoms with Crippen molar-refractivity contribution in [1.82, 2.24) is 4.98 Å². The zero-order chi connectivity index (χ0) is 14.8. The lowest BCUT2D eigenvalue weighted by atomic mass is 10.1. The molecule has 0 fully saturated rings. The molecule has 3 rings (SSSR count). The number of carboxylic acid groups (broad SMARTS) is 1. The Bertz CT molecular complexity index is 779. The number of furan rings is 1. The van der Waals surface area contributed by atoms with Gasteiger partial charge < -0.3 is 9.52 Å². The van der Waals surface area contributed by atoms with Gasteiger partial charge in [-0.1, -0.05) is 30.3 Å². The van der Waals surface area contributed by atoms with Gasteiger partial charge in [-0.05, 0) is 28.1 Å². The topological polar surface area (TPSA) is 63.3 Å². The molecule has 0 unspecified atom stereocenters. The van der Waals surface area contributed by atoms with E-state index in [0.717, 1.165) is 10.4 Å². The highest BCUT2D eigenvalue weighted by Crippen LogP contribution is 2.35. The van der Waals surface area contributed by atoms with E-state index >= 15 is 0 Å². The van der Waals surface area contributed by atoms with E-state index in [-0.39, 0.29) is 6.42 Å². The second kappa shape index (κ2) is 5.83. The summed E-state index contributed by atoms with van der Waals surface area (Å²) in [6.45, 7) is 0. The molecule has 2 aromatic heterocycles. The van der Waals surface area contributed by atoms with E-state index in [0.29, 0.717) is 21.1 Å². The number of carbonyl (C=O) groups is 1. The third-order valence-corrected chi connectivity index (χ3v) is 4.34. The van der Waals surface area contributed by atoms with Crippen LogP contribution in [0.4, 0.5) is 0 Å². The highest BCUT2D eigenvalue weighted by molar-refractivity contribution is 9.10. The molecule has 0 aliphatic carbocycles. The van der Waals surface area contributed by atoms with Gasteiger partial charge in [-0.15, -0.1) is 11.3 Å². The Morgan fingerprint density at radius 3 is 2.62 bits per heavy atom. The smallest absolute Gasteiger partial charge is 0.308 e. The zero-order valence-corrected chi connectivity index (χ0v) is 13.1. The predicted octanol–water partition coefficient (Wildman–Crippen LogP) is 4.46. The molecule has 0 aliphatic heterocycles. The molecule has 1 aromatic carbocycles. The zero-order valence-electron chi connectivity index (χ0n) is 10.7. The fourth-order valence-corrected chi connectivity index (χ4v) is 3.31. The fourth-order valence-electron chi connectivity index (χ4n) is 1.97. The second-order valence-electron chi connectivity index (χ2n) is 4.33. The molecular formula is C15H10BrNO3S. The Balaban J connectivity index is 2.09. The van der Waals surface area contributed by atoms with Gasteiger partial charge in [-0.25, -0.2) is 4.98 Å². The Labute approximate surface area is 133 Å². The minimum absolute atomic E-state index is 0.0518. The lowest BCUT2D eigenvalue weighted by Crippen LogP contribution is -1.99. The van der Waals surface area contributed by atoms with Gasteiger partial charge in [0.25, 0.3) is 0 Å². The number of nitrogens with zero attached hydrogens (tertiary/aromatic N) is 1. The fraction of sp³-hybridized carbons (Fsp3) is 0.0667. The summed E-state index contributed by atoms with van der Waals surface area (Å²) in [7, 11) is 0. The van der Waals surface area contributed by atoms with Crippen LogP contribution in [0.5, 0.6) is 0 Å². The van der Waals surface area contributed by atoms with Crippen LogP contribution in [0.15, 0.2) is 51.6 Å². The first kappa shape index (κ1) is 14.0. The van der Waals surface area contributed by atoms with Gasteiger partial charge in [0.1, 0.15) is 0 Å². The number of hydrogen-bond acceptors (Lipinski definition) is 4. The average molecular weight is 364 g/mol. The van der Waals surface area contributed by atoms with Crippen molar-refractivity contribution in [3.05, 3.63) is 52.0 Å². The minimum Gasteiger partial charge on any atom is -0.481 e. The first-order valence-corrected chi connectivity index (χ1v) is 7.77. The Hall–Kier alpha value is -1.92. The molecule has 0 saturated carbocycles. The van der Waals surface area contributed by atoms with Gasteiger partial charge in [0.15, 0.2) is 15.4 Å². The number of carboxylic acids is 1. The lowest BCUT2D eigenvalue weighted by Gasteiger charge is -1.99. The van der Waals surface area contributed by atoms with E-state index in [1.54, 1.807) is 6.07 Å². The summed E-state index contributed by atoms with van der Waals surface area (Å²) in [4.78, 5) is 16.3. The molecule has 3 aromatic rings. The highest BCUT2D eigenvalue weighted by atomic mass is 79.9. The van der Waals surface area contributed by atoms with E-state index < -0.39 is 5.97 Å². The SMILES string of the molecule is O=C(O)Cc1sc(-c2ccc(Br)o2)nc1-c1ccccc1. The molecule has 1 N–H and O–H groups in total. The van der Waals surface area contributed by atoms with E-state index in [9.17, 15) is 4.79 Å². The summed E-state index contributed by atoms with van der Waals surface area (Å²) in [6.07, 6.45) is -0.0518. The van der Waals surface area contributed by atoms with Gasteiger partial charge in [0.05, 0.1) is 12.1 Å². The van der Waals surface area contributed by atoms with Crippen LogP contribution in [-0.4, -0.2) is 16.1 Å². The molecule has 0 spiro atoms.